The highest BCUT2D eigenvalue weighted by atomic mass is 19.4. The number of hydrogen-bond acceptors (Lipinski definition) is 2. The predicted octanol–water partition coefficient (Wildman–Crippen LogP) is 3.77. The maximum absolute atomic E-state index is 12.7. The molecule has 0 radical (unpaired) electrons. The van der Waals surface area contributed by atoms with Gasteiger partial charge in [-0.25, -0.2) is 0 Å². The average molecular weight is 263 g/mol. The molecule has 96 valence electrons. The van der Waals surface area contributed by atoms with Crippen LogP contribution in [0.4, 0.5) is 13.2 Å². The van der Waals surface area contributed by atoms with Crippen LogP contribution in [0.3, 0.4) is 0 Å². The number of benzene rings is 1. The van der Waals surface area contributed by atoms with Gasteiger partial charge in [0, 0.05) is 23.6 Å². The molecule has 1 heterocycles. The van der Waals surface area contributed by atoms with Gasteiger partial charge in [0.2, 0.25) is 0 Å². The van der Waals surface area contributed by atoms with Gasteiger partial charge in [-0.3, -0.25) is 9.78 Å². The standard InChI is InChI=1S/C14H8F3NO/c15-14(16,17)9-5-11-13(12(19)6-9)10-4-2-1-3-8(10)7-18-11/h1-5,7H,6H2. The molecule has 0 fully saturated rings. The van der Waals surface area contributed by atoms with Crippen LogP contribution in [-0.4, -0.2) is 16.9 Å². The number of allylic oxidation sites excluding steroid dienone is 1. The molecule has 3 rings (SSSR count). The fourth-order valence-electron chi connectivity index (χ4n) is 2.24. The zero-order valence-corrected chi connectivity index (χ0v) is 9.66. The molecule has 2 nitrogen and oxygen atoms in total. The summed E-state index contributed by atoms with van der Waals surface area (Å²) < 4.78 is 38.0. The van der Waals surface area contributed by atoms with E-state index in [9.17, 15) is 18.0 Å². The molecule has 0 aliphatic heterocycles. The predicted molar refractivity (Wildman–Crippen MR) is 64.7 cm³/mol. The van der Waals surface area contributed by atoms with Gasteiger partial charge < -0.3 is 0 Å². The molecular formula is C14H8F3NO. The number of rotatable bonds is 0. The van der Waals surface area contributed by atoms with Gasteiger partial charge in [0.1, 0.15) is 0 Å². The number of hydrogen-bond donors (Lipinski definition) is 0. The number of aromatic nitrogens is 1. The normalized spacial score (nSPS) is 15.3. The highest BCUT2D eigenvalue weighted by Crippen LogP contribution is 2.36. The molecule has 0 saturated heterocycles. The minimum absolute atomic E-state index is 0.0993. The Balaban J connectivity index is 2.28. The molecule has 1 aliphatic carbocycles. The summed E-state index contributed by atoms with van der Waals surface area (Å²) >= 11 is 0. The minimum Gasteiger partial charge on any atom is -0.294 e. The molecule has 0 saturated carbocycles. The summed E-state index contributed by atoms with van der Waals surface area (Å²) in [5.74, 6) is -0.533. The van der Waals surface area contributed by atoms with Gasteiger partial charge in [-0.1, -0.05) is 24.3 Å². The summed E-state index contributed by atoms with van der Waals surface area (Å²) in [6, 6.07) is 7.04. The van der Waals surface area contributed by atoms with Crippen molar-refractivity contribution in [3.05, 3.63) is 47.3 Å². The van der Waals surface area contributed by atoms with E-state index in [0.29, 0.717) is 5.39 Å². The van der Waals surface area contributed by atoms with Crippen LogP contribution in [0.15, 0.2) is 36.0 Å². The first-order chi connectivity index (χ1) is 8.97. The summed E-state index contributed by atoms with van der Waals surface area (Å²) in [5, 5.41) is 1.40. The Morgan fingerprint density at radius 3 is 2.63 bits per heavy atom. The Morgan fingerprint density at radius 1 is 1.16 bits per heavy atom. The average Bonchev–Trinajstić information content (AvgIpc) is 2.37. The second-order valence-electron chi connectivity index (χ2n) is 4.37. The topological polar surface area (TPSA) is 30.0 Å². The molecule has 0 amide bonds. The second kappa shape index (κ2) is 3.91. The smallest absolute Gasteiger partial charge is 0.294 e. The van der Waals surface area contributed by atoms with Crippen LogP contribution in [0.2, 0.25) is 0 Å². The van der Waals surface area contributed by atoms with Crippen molar-refractivity contribution in [2.75, 3.05) is 0 Å². The fourth-order valence-corrected chi connectivity index (χ4v) is 2.24. The van der Waals surface area contributed by atoms with Crippen LogP contribution < -0.4 is 0 Å². The molecule has 1 aliphatic rings. The molecule has 0 unspecified atom stereocenters. The number of nitrogens with zero attached hydrogens (tertiary/aromatic N) is 1. The number of halogens is 3. The summed E-state index contributed by atoms with van der Waals surface area (Å²) in [6.45, 7) is 0. The van der Waals surface area contributed by atoms with Crippen molar-refractivity contribution in [1.82, 2.24) is 4.98 Å². The van der Waals surface area contributed by atoms with Gasteiger partial charge in [-0.2, -0.15) is 13.2 Å². The summed E-state index contributed by atoms with van der Waals surface area (Å²) in [4.78, 5) is 15.9. The number of carbonyl (C=O) groups is 1. The molecular weight excluding hydrogens is 255 g/mol. The number of alkyl halides is 3. The van der Waals surface area contributed by atoms with Gasteiger partial charge in [-0.05, 0) is 11.5 Å². The fraction of sp³-hybridized carbons (Fsp3) is 0.143. The van der Waals surface area contributed by atoms with Gasteiger partial charge >= 0.3 is 6.18 Å². The van der Waals surface area contributed by atoms with Crippen molar-refractivity contribution in [3.63, 3.8) is 0 Å². The molecule has 5 heteroatoms. The van der Waals surface area contributed by atoms with Gasteiger partial charge in [0.05, 0.1) is 11.3 Å². The van der Waals surface area contributed by atoms with E-state index >= 15 is 0 Å². The van der Waals surface area contributed by atoms with E-state index in [1.54, 1.807) is 24.3 Å². The van der Waals surface area contributed by atoms with Crippen molar-refractivity contribution in [2.45, 2.75) is 12.6 Å². The zero-order valence-electron chi connectivity index (χ0n) is 9.66. The molecule has 1 aromatic heterocycles. The van der Waals surface area contributed by atoms with E-state index in [-0.39, 0.29) is 11.3 Å². The second-order valence-corrected chi connectivity index (χ2v) is 4.37. The molecule has 2 aromatic rings. The lowest BCUT2D eigenvalue weighted by Crippen LogP contribution is -2.20. The molecule has 1 aromatic carbocycles. The van der Waals surface area contributed by atoms with Gasteiger partial charge in [-0.15, -0.1) is 0 Å². The molecule has 0 atom stereocenters. The van der Waals surface area contributed by atoms with Crippen LogP contribution >= 0.6 is 0 Å². The van der Waals surface area contributed by atoms with Crippen LogP contribution in [-0.2, 0) is 0 Å². The third-order valence-electron chi connectivity index (χ3n) is 3.13. The van der Waals surface area contributed by atoms with Crippen molar-refractivity contribution in [2.24, 2.45) is 0 Å². The third kappa shape index (κ3) is 1.91. The van der Waals surface area contributed by atoms with Gasteiger partial charge in [0.15, 0.2) is 5.78 Å². The molecule has 0 N–H and O–H groups in total. The van der Waals surface area contributed by atoms with Crippen molar-refractivity contribution in [3.8, 4) is 0 Å². The van der Waals surface area contributed by atoms with E-state index in [4.69, 9.17) is 0 Å². The molecule has 19 heavy (non-hydrogen) atoms. The largest absolute Gasteiger partial charge is 0.413 e. The van der Waals surface area contributed by atoms with Crippen molar-refractivity contribution in [1.29, 1.82) is 0 Å². The minimum atomic E-state index is -4.49. The Hall–Kier alpha value is -2.17. The van der Waals surface area contributed by atoms with E-state index in [0.717, 1.165) is 11.5 Å². The SMILES string of the molecule is O=C1CC(C(F)(F)F)=Cc2ncc3ccccc3c21. The number of Topliss-reactive ketones (excluding diaryl/α,β-unsaturated/α-hetero) is 1. The summed E-state index contributed by atoms with van der Waals surface area (Å²) in [6.07, 6.45) is -2.66. The Bertz CT molecular complexity index is 716. The first-order valence-corrected chi connectivity index (χ1v) is 5.65. The van der Waals surface area contributed by atoms with Crippen LogP contribution in [0.1, 0.15) is 22.5 Å². The van der Waals surface area contributed by atoms with Crippen molar-refractivity contribution >= 4 is 22.6 Å². The lowest BCUT2D eigenvalue weighted by Gasteiger charge is -2.18. The molecule has 0 bridgehead atoms. The maximum Gasteiger partial charge on any atom is 0.413 e. The van der Waals surface area contributed by atoms with E-state index < -0.39 is 24.0 Å². The Kier molecular flexibility index (Phi) is 2.45. The van der Waals surface area contributed by atoms with E-state index in [1.165, 1.54) is 6.20 Å². The summed E-state index contributed by atoms with van der Waals surface area (Å²) in [7, 11) is 0. The maximum atomic E-state index is 12.7. The van der Waals surface area contributed by atoms with Crippen LogP contribution in [0.25, 0.3) is 16.8 Å². The number of fused-ring (bicyclic) bond motifs is 3. The summed E-state index contributed by atoms with van der Waals surface area (Å²) in [5.41, 5.74) is -0.457. The number of pyridine rings is 1. The highest BCUT2D eigenvalue weighted by Gasteiger charge is 2.38. The monoisotopic (exact) mass is 263 g/mol. The van der Waals surface area contributed by atoms with Crippen molar-refractivity contribution < 1.29 is 18.0 Å². The highest BCUT2D eigenvalue weighted by molar-refractivity contribution is 6.12. The van der Waals surface area contributed by atoms with Crippen LogP contribution in [0.5, 0.6) is 0 Å². The Labute approximate surface area is 106 Å². The zero-order chi connectivity index (χ0) is 13.6. The number of ketones is 1. The molecule has 0 spiro atoms. The number of carbonyl (C=O) groups excluding carboxylic acids is 1. The lowest BCUT2D eigenvalue weighted by atomic mass is 9.91. The van der Waals surface area contributed by atoms with E-state index in [2.05, 4.69) is 4.98 Å². The van der Waals surface area contributed by atoms with E-state index in [1.807, 2.05) is 0 Å². The van der Waals surface area contributed by atoms with Crippen LogP contribution in [0, 0.1) is 0 Å². The lowest BCUT2D eigenvalue weighted by molar-refractivity contribution is -0.0923. The first kappa shape index (κ1) is 11.9. The Morgan fingerprint density at radius 2 is 1.89 bits per heavy atom. The van der Waals surface area contributed by atoms with Gasteiger partial charge in [0.25, 0.3) is 0 Å². The quantitative estimate of drug-likeness (QED) is 0.724. The first-order valence-electron chi connectivity index (χ1n) is 5.65. The third-order valence-corrected chi connectivity index (χ3v) is 3.13.